The summed E-state index contributed by atoms with van der Waals surface area (Å²) in [5, 5.41) is 3.38. The maximum Gasteiger partial charge on any atom is 0.322 e. The van der Waals surface area contributed by atoms with Crippen LogP contribution < -0.4 is 5.32 Å². The highest BCUT2D eigenvalue weighted by molar-refractivity contribution is 5.75. The zero-order chi connectivity index (χ0) is 12.4. The summed E-state index contributed by atoms with van der Waals surface area (Å²) in [6.45, 7) is 6.37. The molecule has 2 aliphatic carbocycles. The normalized spacial score (nSPS) is 33.7. The minimum Gasteiger partial charge on any atom is -0.465 e. The van der Waals surface area contributed by atoms with E-state index < -0.39 is 0 Å². The molecule has 0 heterocycles. The molecule has 0 aliphatic heterocycles. The molecule has 1 N–H and O–H groups in total. The number of esters is 1. The van der Waals surface area contributed by atoms with Gasteiger partial charge in [-0.2, -0.15) is 0 Å². The second-order valence-electron chi connectivity index (χ2n) is 5.37. The summed E-state index contributed by atoms with van der Waals surface area (Å²) >= 11 is 0. The van der Waals surface area contributed by atoms with Crippen molar-refractivity contribution in [1.82, 2.24) is 5.32 Å². The summed E-state index contributed by atoms with van der Waals surface area (Å²) < 4.78 is 5.01. The van der Waals surface area contributed by atoms with Gasteiger partial charge in [-0.25, -0.2) is 0 Å². The Labute approximate surface area is 104 Å². The molecule has 5 atom stereocenters. The number of carbonyl (C=O) groups is 1. The number of ether oxygens (including phenoxy) is 1. The lowest BCUT2D eigenvalue weighted by Gasteiger charge is -2.28. The zero-order valence-electron chi connectivity index (χ0n) is 11.0. The molecule has 2 rings (SSSR count). The number of allylic oxidation sites excluding steroid dienone is 2. The highest BCUT2D eigenvalue weighted by atomic mass is 16.5. The van der Waals surface area contributed by atoms with Crippen LogP contribution in [0.5, 0.6) is 0 Å². The van der Waals surface area contributed by atoms with Crippen molar-refractivity contribution in [2.45, 2.75) is 45.7 Å². The van der Waals surface area contributed by atoms with E-state index in [4.69, 9.17) is 4.74 Å². The van der Waals surface area contributed by atoms with Crippen LogP contribution in [-0.4, -0.2) is 24.7 Å². The molecule has 3 nitrogen and oxygen atoms in total. The number of nitrogens with one attached hydrogen (secondary N) is 1. The monoisotopic (exact) mass is 237 g/mol. The molecule has 2 aliphatic rings. The van der Waals surface area contributed by atoms with Crippen LogP contribution in [0.25, 0.3) is 0 Å². The second-order valence-corrected chi connectivity index (χ2v) is 5.37. The SMILES string of the molecule is CCOC(=O)C(C)NC(C)C1CC2C=CC1C2. The first-order chi connectivity index (χ1) is 8.11. The third-order valence-corrected chi connectivity index (χ3v) is 4.13. The van der Waals surface area contributed by atoms with Gasteiger partial charge in [0.05, 0.1) is 6.61 Å². The van der Waals surface area contributed by atoms with Crippen molar-refractivity contribution in [2.75, 3.05) is 6.61 Å². The van der Waals surface area contributed by atoms with Gasteiger partial charge in [-0.05, 0) is 51.4 Å². The van der Waals surface area contributed by atoms with Crippen LogP contribution >= 0.6 is 0 Å². The molecule has 17 heavy (non-hydrogen) atoms. The van der Waals surface area contributed by atoms with Crippen molar-refractivity contribution in [3.05, 3.63) is 12.2 Å². The molecule has 1 fully saturated rings. The van der Waals surface area contributed by atoms with Crippen molar-refractivity contribution in [3.63, 3.8) is 0 Å². The van der Waals surface area contributed by atoms with Gasteiger partial charge in [-0.3, -0.25) is 4.79 Å². The van der Waals surface area contributed by atoms with E-state index in [0.29, 0.717) is 18.6 Å². The molecular weight excluding hydrogens is 214 g/mol. The third kappa shape index (κ3) is 2.71. The predicted octanol–water partition coefficient (Wildman–Crippen LogP) is 2.13. The van der Waals surface area contributed by atoms with Crippen molar-refractivity contribution < 1.29 is 9.53 Å². The number of rotatable bonds is 5. The molecule has 0 aromatic carbocycles. The Kier molecular flexibility index (Phi) is 3.87. The molecule has 0 aromatic rings. The fourth-order valence-electron chi connectivity index (χ4n) is 3.25. The first-order valence-electron chi connectivity index (χ1n) is 6.72. The van der Waals surface area contributed by atoms with E-state index in [0.717, 1.165) is 11.8 Å². The Bertz CT molecular complexity index is 313. The number of carbonyl (C=O) groups excluding carboxylic acids is 1. The van der Waals surface area contributed by atoms with Gasteiger partial charge in [0, 0.05) is 6.04 Å². The van der Waals surface area contributed by atoms with Crippen molar-refractivity contribution in [1.29, 1.82) is 0 Å². The maximum absolute atomic E-state index is 11.6. The van der Waals surface area contributed by atoms with Crippen LogP contribution in [0.1, 0.15) is 33.6 Å². The largest absolute Gasteiger partial charge is 0.465 e. The van der Waals surface area contributed by atoms with Crippen LogP contribution in [0.3, 0.4) is 0 Å². The first-order valence-corrected chi connectivity index (χ1v) is 6.72. The number of hydrogen-bond acceptors (Lipinski definition) is 3. The Morgan fingerprint density at radius 1 is 1.41 bits per heavy atom. The molecule has 2 bridgehead atoms. The van der Waals surface area contributed by atoms with E-state index in [2.05, 4.69) is 24.4 Å². The molecule has 96 valence electrons. The highest BCUT2D eigenvalue weighted by Crippen LogP contribution is 2.44. The minimum absolute atomic E-state index is 0.141. The average Bonchev–Trinajstić information content (AvgIpc) is 2.90. The zero-order valence-corrected chi connectivity index (χ0v) is 11.0. The van der Waals surface area contributed by atoms with Crippen LogP contribution in [0.2, 0.25) is 0 Å². The van der Waals surface area contributed by atoms with Gasteiger partial charge in [-0.15, -0.1) is 0 Å². The van der Waals surface area contributed by atoms with Crippen molar-refractivity contribution in [2.24, 2.45) is 17.8 Å². The molecule has 0 spiro atoms. The lowest BCUT2D eigenvalue weighted by molar-refractivity contribution is -0.145. The van der Waals surface area contributed by atoms with Gasteiger partial charge in [0.25, 0.3) is 0 Å². The smallest absolute Gasteiger partial charge is 0.322 e. The van der Waals surface area contributed by atoms with E-state index in [9.17, 15) is 4.79 Å². The summed E-state index contributed by atoms with van der Waals surface area (Å²) in [6, 6.07) is 0.183. The van der Waals surface area contributed by atoms with E-state index in [-0.39, 0.29) is 12.0 Å². The van der Waals surface area contributed by atoms with E-state index >= 15 is 0 Å². The fraction of sp³-hybridized carbons (Fsp3) is 0.786. The molecule has 1 saturated carbocycles. The summed E-state index contributed by atoms with van der Waals surface area (Å²) in [5.74, 6) is 2.05. The molecule has 0 aromatic heterocycles. The van der Waals surface area contributed by atoms with Crippen LogP contribution in [0, 0.1) is 17.8 Å². The van der Waals surface area contributed by atoms with Gasteiger partial charge in [0.15, 0.2) is 0 Å². The van der Waals surface area contributed by atoms with Gasteiger partial charge < -0.3 is 10.1 Å². The van der Waals surface area contributed by atoms with Crippen LogP contribution in [0.15, 0.2) is 12.2 Å². The molecule has 0 radical (unpaired) electrons. The van der Waals surface area contributed by atoms with Gasteiger partial charge in [-0.1, -0.05) is 12.2 Å². The van der Waals surface area contributed by atoms with Crippen molar-refractivity contribution >= 4 is 5.97 Å². The fourth-order valence-corrected chi connectivity index (χ4v) is 3.25. The van der Waals surface area contributed by atoms with Crippen molar-refractivity contribution in [3.8, 4) is 0 Å². The molecule has 0 saturated heterocycles. The maximum atomic E-state index is 11.6. The summed E-state index contributed by atoms with van der Waals surface area (Å²) in [4.78, 5) is 11.6. The number of fused-ring (bicyclic) bond motifs is 2. The summed E-state index contributed by atoms with van der Waals surface area (Å²) in [5.41, 5.74) is 0. The Morgan fingerprint density at radius 3 is 2.71 bits per heavy atom. The Balaban J connectivity index is 1.83. The average molecular weight is 237 g/mol. The molecule has 5 unspecified atom stereocenters. The lowest BCUT2D eigenvalue weighted by Crippen LogP contribution is -2.45. The Hall–Kier alpha value is -0.830. The Morgan fingerprint density at radius 2 is 2.18 bits per heavy atom. The van der Waals surface area contributed by atoms with Gasteiger partial charge >= 0.3 is 5.97 Å². The van der Waals surface area contributed by atoms with Crippen LogP contribution in [0.4, 0.5) is 0 Å². The topological polar surface area (TPSA) is 38.3 Å². The van der Waals surface area contributed by atoms with Gasteiger partial charge in [0.2, 0.25) is 0 Å². The molecule has 3 heteroatoms. The predicted molar refractivity (Wildman–Crippen MR) is 67.5 cm³/mol. The second kappa shape index (κ2) is 5.21. The quantitative estimate of drug-likeness (QED) is 0.588. The summed E-state index contributed by atoms with van der Waals surface area (Å²) in [7, 11) is 0. The lowest BCUT2D eigenvalue weighted by atomic mass is 9.87. The van der Waals surface area contributed by atoms with E-state index in [1.807, 2.05) is 13.8 Å². The van der Waals surface area contributed by atoms with Crippen LogP contribution in [-0.2, 0) is 9.53 Å². The third-order valence-electron chi connectivity index (χ3n) is 4.13. The number of hydrogen-bond donors (Lipinski definition) is 1. The van der Waals surface area contributed by atoms with E-state index in [1.165, 1.54) is 12.8 Å². The molecule has 0 amide bonds. The molecular formula is C14H23NO2. The van der Waals surface area contributed by atoms with Gasteiger partial charge in [0.1, 0.15) is 6.04 Å². The van der Waals surface area contributed by atoms with E-state index in [1.54, 1.807) is 0 Å². The summed E-state index contributed by atoms with van der Waals surface area (Å²) in [6.07, 6.45) is 7.28. The minimum atomic E-state index is -0.201. The standard InChI is InChI=1S/C14H23NO2/c1-4-17-14(16)10(3)15-9(2)13-8-11-5-6-12(13)7-11/h5-6,9-13,15H,4,7-8H2,1-3H3. The first kappa shape index (κ1) is 12.6. The highest BCUT2D eigenvalue weighted by Gasteiger charge is 2.39.